The molecule has 2 heterocycles. The van der Waals surface area contributed by atoms with Crippen LogP contribution in [0.25, 0.3) is 5.69 Å². The summed E-state index contributed by atoms with van der Waals surface area (Å²) < 4.78 is 6.82. The number of fused-ring (bicyclic) bond motifs is 1. The van der Waals surface area contributed by atoms with Crippen LogP contribution in [0, 0.1) is 24.7 Å². The molecular formula is C27H27ClN4O2. The number of nitrogens with zero attached hydrogens (tertiary/aromatic N) is 3. The van der Waals surface area contributed by atoms with Gasteiger partial charge in [0.05, 0.1) is 17.8 Å². The second-order valence-corrected chi connectivity index (χ2v) is 9.62. The molecular weight excluding hydrogens is 448 g/mol. The minimum absolute atomic E-state index is 0.0181. The van der Waals surface area contributed by atoms with Crippen molar-refractivity contribution in [1.29, 1.82) is 0 Å². The zero-order chi connectivity index (χ0) is 24.0. The largest absolute Gasteiger partial charge is 0.497 e. The number of ether oxygens (including phenoxy) is 1. The molecule has 6 nitrogen and oxygen atoms in total. The molecule has 0 saturated carbocycles. The Hall–Kier alpha value is -3.27. The third-order valence-corrected chi connectivity index (χ3v) is 7.72. The highest BCUT2D eigenvalue weighted by atomic mass is 35.5. The second-order valence-electron chi connectivity index (χ2n) is 9.21. The number of benzene rings is 2. The molecule has 1 aliphatic heterocycles. The van der Waals surface area contributed by atoms with E-state index in [4.69, 9.17) is 33.5 Å². The van der Waals surface area contributed by atoms with Gasteiger partial charge in [-0.25, -0.2) is 4.98 Å². The summed E-state index contributed by atoms with van der Waals surface area (Å²) in [6.45, 7) is 3.40. The predicted molar refractivity (Wildman–Crippen MR) is 135 cm³/mol. The van der Waals surface area contributed by atoms with Crippen molar-refractivity contribution in [1.82, 2.24) is 9.55 Å². The van der Waals surface area contributed by atoms with Crippen LogP contribution in [-0.2, 0) is 6.42 Å². The number of rotatable bonds is 3. The summed E-state index contributed by atoms with van der Waals surface area (Å²) in [4.78, 5) is 20.1. The van der Waals surface area contributed by atoms with E-state index in [0.29, 0.717) is 28.1 Å². The highest BCUT2D eigenvalue weighted by Gasteiger charge is 2.46. The number of halogens is 1. The molecule has 174 valence electrons. The first-order chi connectivity index (χ1) is 16.3. The van der Waals surface area contributed by atoms with Crippen molar-refractivity contribution < 1.29 is 4.74 Å². The molecule has 0 amide bonds. The van der Waals surface area contributed by atoms with E-state index in [2.05, 4.69) is 23.0 Å². The Labute approximate surface area is 204 Å². The summed E-state index contributed by atoms with van der Waals surface area (Å²) in [5.41, 5.74) is 10.5. The summed E-state index contributed by atoms with van der Waals surface area (Å²) in [5, 5.41) is 0.461. The van der Waals surface area contributed by atoms with Gasteiger partial charge in [-0.05, 0) is 67.0 Å². The van der Waals surface area contributed by atoms with Gasteiger partial charge in [-0.1, -0.05) is 23.6 Å². The van der Waals surface area contributed by atoms with Gasteiger partial charge in [-0.15, -0.1) is 6.42 Å². The molecule has 7 heteroatoms. The maximum Gasteiger partial charge on any atom is 0.260 e. The number of methoxy groups -OCH3 is 1. The van der Waals surface area contributed by atoms with E-state index in [-0.39, 0.29) is 17.0 Å². The number of piperidine rings is 1. The molecule has 0 radical (unpaired) electrons. The topological polar surface area (TPSA) is 73.4 Å². The Morgan fingerprint density at radius 3 is 2.65 bits per heavy atom. The van der Waals surface area contributed by atoms with Crippen molar-refractivity contribution in [2.45, 2.75) is 32.2 Å². The molecule has 1 aromatic heterocycles. The molecule has 3 aromatic rings. The van der Waals surface area contributed by atoms with Crippen molar-refractivity contribution in [3.63, 3.8) is 0 Å². The average molecular weight is 475 g/mol. The summed E-state index contributed by atoms with van der Waals surface area (Å²) in [6.07, 6.45) is 8.41. The summed E-state index contributed by atoms with van der Waals surface area (Å²) >= 11 is 6.38. The van der Waals surface area contributed by atoms with Crippen LogP contribution >= 0.6 is 11.6 Å². The predicted octanol–water partition coefficient (Wildman–Crippen LogP) is 4.03. The third kappa shape index (κ3) is 3.66. The van der Waals surface area contributed by atoms with E-state index in [9.17, 15) is 4.79 Å². The molecule has 1 aliphatic carbocycles. The van der Waals surface area contributed by atoms with E-state index >= 15 is 0 Å². The Bertz CT molecular complexity index is 1370. The van der Waals surface area contributed by atoms with Crippen molar-refractivity contribution in [3.8, 4) is 23.8 Å². The van der Waals surface area contributed by atoms with Crippen LogP contribution in [-0.4, -0.2) is 29.8 Å². The molecule has 2 aromatic carbocycles. The molecule has 1 saturated heterocycles. The van der Waals surface area contributed by atoms with Gasteiger partial charge in [0.1, 0.15) is 17.4 Å². The molecule has 34 heavy (non-hydrogen) atoms. The highest BCUT2D eigenvalue weighted by molar-refractivity contribution is 6.32. The smallest absolute Gasteiger partial charge is 0.260 e. The summed E-state index contributed by atoms with van der Waals surface area (Å²) in [6, 6.07) is 13.0. The lowest BCUT2D eigenvalue weighted by molar-refractivity contribution is 0.187. The molecule has 1 spiro atoms. The molecule has 0 bridgehead atoms. The van der Waals surface area contributed by atoms with Crippen LogP contribution in [0.4, 0.5) is 5.82 Å². The van der Waals surface area contributed by atoms with Crippen LogP contribution in [0.15, 0.2) is 47.3 Å². The van der Waals surface area contributed by atoms with E-state index in [1.165, 1.54) is 15.7 Å². The monoisotopic (exact) mass is 474 g/mol. The number of hydrogen-bond donors (Lipinski definition) is 1. The van der Waals surface area contributed by atoms with Gasteiger partial charge in [-0.3, -0.25) is 9.36 Å². The van der Waals surface area contributed by atoms with E-state index in [1.807, 2.05) is 13.0 Å². The Kier molecular flexibility index (Phi) is 5.63. The van der Waals surface area contributed by atoms with Gasteiger partial charge < -0.3 is 15.4 Å². The minimum Gasteiger partial charge on any atom is -0.497 e. The van der Waals surface area contributed by atoms with Crippen LogP contribution in [0.2, 0.25) is 5.02 Å². The first kappa shape index (κ1) is 22.5. The van der Waals surface area contributed by atoms with Crippen molar-refractivity contribution in [2.24, 2.45) is 11.1 Å². The zero-order valence-electron chi connectivity index (χ0n) is 19.3. The first-order valence-corrected chi connectivity index (χ1v) is 11.8. The maximum atomic E-state index is 13.1. The van der Waals surface area contributed by atoms with E-state index in [0.717, 1.165) is 37.9 Å². The lowest BCUT2D eigenvalue weighted by Gasteiger charge is -2.42. The standard InChI is InChI=1S/C27H27ClN4O2/c1-4-18-5-6-19-16-27(26(29)21(19)13-18)9-11-31(12-10-27)24-15-25(33)32(17(2)30-24)23-14-20(34-3)7-8-22(23)28/h1,5-8,13-15,26H,9-12,16,29H2,2-3H3/t26-/m1/s1. The van der Waals surface area contributed by atoms with Crippen LogP contribution in [0.1, 0.15) is 41.4 Å². The van der Waals surface area contributed by atoms with Gasteiger partial charge >= 0.3 is 0 Å². The average Bonchev–Trinajstić information content (AvgIpc) is 3.10. The molecule has 2 N–H and O–H groups in total. The van der Waals surface area contributed by atoms with Crippen LogP contribution < -0.4 is 20.9 Å². The van der Waals surface area contributed by atoms with Crippen LogP contribution in [0.3, 0.4) is 0 Å². The first-order valence-electron chi connectivity index (χ1n) is 11.4. The summed E-state index contributed by atoms with van der Waals surface area (Å²) in [7, 11) is 1.58. The van der Waals surface area contributed by atoms with Crippen molar-refractivity contribution in [3.05, 3.63) is 80.4 Å². The minimum atomic E-state index is -0.176. The van der Waals surface area contributed by atoms with E-state index in [1.54, 1.807) is 31.4 Å². The Morgan fingerprint density at radius 1 is 1.21 bits per heavy atom. The number of terminal acetylenes is 1. The Balaban J connectivity index is 1.38. The molecule has 2 aliphatic rings. The number of aryl methyl sites for hydroxylation is 1. The highest BCUT2D eigenvalue weighted by Crippen LogP contribution is 2.51. The van der Waals surface area contributed by atoms with Crippen molar-refractivity contribution >= 4 is 17.4 Å². The number of anilines is 1. The zero-order valence-corrected chi connectivity index (χ0v) is 20.1. The SMILES string of the molecule is C#Cc1ccc2c(c1)[C@@H](N)C1(CCN(c3cc(=O)n(-c4cc(OC)ccc4Cl)c(C)n3)CC1)C2. The maximum absolute atomic E-state index is 13.1. The van der Waals surface area contributed by atoms with Gasteiger partial charge in [0.2, 0.25) is 0 Å². The van der Waals surface area contributed by atoms with E-state index < -0.39 is 0 Å². The molecule has 0 unspecified atom stereocenters. The van der Waals surface area contributed by atoms with Crippen LogP contribution in [0.5, 0.6) is 5.75 Å². The number of hydrogen-bond acceptors (Lipinski definition) is 5. The van der Waals surface area contributed by atoms with Gasteiger partial charge in [0.25, 0.3) is 5.56 Å². The van der Waals surface area contributed by atoms with Gasteiger partial charge in [0.15, 0.2) is 0 Å². The quantitative estimate of drug-likeness (QED) is 0.580. The second kappa shape index (κ2) is 8.50. The lowest BCUT2D eigenvalue weighted by atomic mass is 9.73. The summed E-state index contributed by atoms with van der Waals surface area (Å²) in [5.74, 6) is 4.60. The fourth-order valence-electron chi connectivity index (χ4n) is 5.45. The van der Waals surface area contributed by atoms with Crippen molar-refractivity contribution in [2.75, 3.05) is 25.1 Å². The molecule has 5 rings (SSSR count). The van der Waals surface area contributed by atoms with Gasteiger partial charge in [-0.2, -0.15) is 0 Å². The lowest BCUT2D eigenvalue weighted by Crippen LogP contribution is -2.45. The number of aromatic nitrogens is 2. The Morgan fingerprint density at radius 2 is 1.97 bits per heavy atom. The third-order valence-electron chi connectivity index (χ3n) is 7.40. The fourth-order valence-corrected chi connectivity index (χ4v) is 5.65. The number of nitrogens with two attached hydrogens (primary N) is 1. The molecule has 1 fully saturated rings. The molecule has 1 atom stereocenters. The van der Waals surface area contributed by atoms with Gasteiger partial charge in [0, 0.05) is 36.8 Å². The normalized spacial score (nSPS) is 18.6. The fraction of sp³-hybridized carbons (Fsp3) is 0.333.